The highest BCUT2D eigenvalue weighted by Gasteiger charge is 2.00. The Morgan fingerprint density at radius 3 is 2.50 bits per heavy atom. The van der Waals surface area contributed by atoms with Gasteiger partial charge in [0, 0.05) is 33.9 Å². The lowest BCUT2D eigenvalue weighted by molar-refractivity contribution is 0.0698. The Morgan fingerprint density at radius 2 is 1.83 bits per heavy atom. The molecule has 0 aliphatic rings. The van der Waals surface area contributed by atoms with Crippen molar-refractivity contribution in [3.05, 3.63) is 34.9 Å². The molecule has 0 fully saturated rings. The molecule has 0 aliphatic heterocycles. The molecule has 0 unspecified atom stereocenters. The average molecular weight is 449 g/mol. The molecule has 0 bridgehead atoms. The summed E-state index contributed by atoms with van der Waals surface area (Å²) in [6, 6.07) is 6.60. The number of nitrogens with zero attached hydrogens (tertiary/aromatic N) is 1. The van der Waals surface area contributed by atoms with Gasteiger partial charge in [-0.1, -0.05) is 23.8 Å². The fraction of sp³-hybridized carbons (Fsp3) is 0.611. The number of rotatable bonds is 10. The first-order valence-electron chi connectivity index (χ1n) is 8.24. The molecule has 0 saturated carbocycles. The lowest BCUT2D eigenvalue weighted by Crippen LogP contribution is -2.39. The van der Waals surface area contributed by atoms with Crippen LogP contribution in [-0.4, -0.2) is 53.0 Å². The third kappa shape index (κ3) is 10.1. The van der Waals surface area contributed by atoms with Crippen LogP contribution >= 0.6 is 24.0 Å². The normalized spacial score (nSPS) is 11.1. The number of aliphatic imine (C=N–C) groups is 1. The lowest BCUT2D eigenvalue weighted by Gasteiger charge is -2.13. The van der Waals surface area contributed by atoms with Crippen molar-refractivity contribution in [3.8, 4) is 0 Å². The zero-order valence-corrected chi connectivity index (χ0v) is 17.7. The molecule has 6 heteroatoms. The molecule has 0 aromatic heterocycles. The largest absolute Gasteiger partial charge is 0.382 e. The van der Waals surface area contributed by atoms with Crippen LogP contribution in [0.2, 0.25) is 0 Å². The monoisotopic (exact) mass is 449 g/mol. The summed E-state index contributed by atoms with van der Waals surface area (Å²) in [5.41, 5.74) is 4.04. The molecular formula is C18H32IN3O2. The maximum atomic E-state index is 5.43. The van der Waals surface area contributed by atoms with Gasteiger partial charge in [0.2, 0.25) is 0 Å². The average Bonchev–Trinajstić information content (AvgIpc) is 2.54. The Hall–Kier alpha value is -0.860. The smallest absolute Gasteiger partial charge is 0.190 e. The van der Waals surface area contributed by atoms with Gasteiger partial charge in [-0.05, 0) is 37.8 Å². The molecule has 0 aliphatic carbocycles. The SMILES string of the molecule is CN=C(NCCCOCCOC)NCCc1ccc(C)cc1C.I. The number of aryl methyl sites for hydroxylation is 2. The van der Waals surface area contributed by atoms with Crippen LogP contribution in [0.25, 0.3) is 0 Å². The van der Waals surface area contributed by atoms with Gasteiger partial charge in [-0.3, -0.25) is 4.99 Å². The van der Waals surface area contributed by atoms with E-state index in [2.05, 4.69) is 47.7 Å². The van der Waals surface area contributed by atoms with Crippen LogP contribution in [0.15, 0.2) is 23.2 Å². The van der Waals surface area contributed by atoms with Crippen LogP contribution in [0.5, 0.6) is 0 Å². The van der Waals surface area contributed by atoms with Gasteiger partial charge in [0.15, 0.2) is 5.96 Å². The van der Waals surface area contributed by atoms with Crippen LogP contribution in [0.1, 0.15) is 23.1 Å². The molecule has 0 heterocycles. The molecule has 5 nitrogen and oxygen atoms in total. The van der Waals surface area contributed by atoms with E-state index >= 15 is 0 Å². The maximum absolute atomic E-state index is 5.43. The van der Waals surface area contributed by atoms with Crippen molar-refractivity contribution in [1.29, 1.82) is 0 Å². The van der Waals surface area contributed by atoms with E-state index in [-0.39, 0.29) is 24.0 Å². The van der Waals surface area contributed by atoms with Crippen molar-refractivity contribution in [2.45, 2.75) is 26.7 Å². The molecule has 1 aromatic rings. The Bertz CT molecular complexity index is 481. The molecule has 2 N–H and O–H groups in total. The van der Waals surface area contributed by atoms with Gasteiger partial charge in [-0.2, -0.15) is 0 Å². The van der Waals surface area contributed by atoms with Crippen LogP contribution in [0, 0.1) is 13.8 Å². The number of nitrogens with one attached hydrogen (secondary N) is 2. The Balaban J connectivity index is 0.00000529. The topological polar surface area (TPSA) is 54.9 Å². The number of benzene rings is 1. The number of hydrogen-bond donors (Lipinski definition) is 2. The fourth-order valence-corrected chi connectivity index (χ4v) is 2.29. The van der Waals surface area contributed by atoms with Crippen LogP contribution in [-0.2, 0) is 15.9 Å². The number of halogens is 1. The van der Waals surface area contributed by atoms with Gasteiger partial charge >= 0.3 is 0 Å². The first-order valence-corrected chi connectivity index (χ1v) is 8.24. The Labute approximate surface area is 163 Å². The summed E-state index contributed by atoms with van der Waals surface area (Å²) in [4.78, 5) is 4.24. The van der Waals surface area contributed by atoms with E-state index in [1.807, 2.05) is 0 Å². The minimum Gasteiger partial charge on any atom is -0.382 e. The summed E-state index contributed by atoms with van der Waals surface area (Å²) < 4.78 is 10.4. The summed E-state index contributed by atoms with van der Waals surface area (Å²) in [5, 5.41) is 6.65. The highest BCUT2D eigenvalue weighted by Crippen LogP contribution is 2.10. The summed E-state index contributed by atoms with van der Waals surface area (Å²) in [6.07, 6.45) is 1.94. The summed E-state index contributed by atoms with van der Waals surface area (Å²) in [7, 11) is 3.47. The van der Waals surface area contributed by atoms with E-state index in [4.69, 9.17) is 9.47 Å². The lowest BCUT2D eigenvalue weighted by atomic mass is 10.0. The van der Waals surface area contributed by atoms with Gasteiger partial charge in [0.25, 0.3) is 0 Å². The standard InChI is InChI=1S/C18H31N3O2.HI/c1-15-6-7-17(16(2)14-15)8-10-21-18(19-3)20-9-5-11-23-13-12-22-4;/h6-7,14H,5,8-13H2,1-4H3,(H2,19,20,21);1H. The van der Waals surface area contributed by atoms with Crippen molar-refractivity contribution < 1.29 is 9.47 Å². The predicted octanol–water partition coefficient (Wildman–Crippen LogP) is 2.68. The van der Waals surface area contributed by atoms with Gasteiger partial charge in [0.05, 0.1) is 13.2 Å². The Morgan fingerprint density at radius 1 is 1.08 bits per heavy atom. The van der Waals surface area contributed by atoms with Gasteiger partial charge in [-0.25, -0.2) is 0 Å². The second-order valence-electron chi connectivity index (χ2n) is 5.56. The summed E-state index contributed by atoms with van der Waals surface area (Å²) in [5.74, 6) is 0.839. The van der Waals surface area contributed by atoms with E-state index in [0.717, 1.165) is 38.5 Å². The van der Waals surface area contributed by atoms with Crippen LogP contribution in [0.4, 0.5) is 0 Å². The first-order chi connectivity index (χ1) is 11.2. The molecule has 0 atom stereocenters. The first kappa shape index (κ1) is 23.1. The minimum atomic E-state index is 0. The van der Waals surface area contributed by atoms with E-state index in [9.17, 15) is 0 Å². The van der Waals surface area contributed by atoms with E-state index in [0.29, 0.717) is 13.2 Å². The number of ether oxygens (including phenoxy) is 2. The molecule has 1 aromatic carbocycles. The minimum absolute atomic E-state index is 0. The van der Waals surface area contributed by atoms with Crippen molar-refractivity contribution in [3.63, 3.8) is 0 Å². The van der Waals surface area contributed by atoms with Crippen LogP contribution < -0.4 is 10.6 Å². The van der Waals surface area contributed by atoms with Crippen LogP contribution in [0.3, 0.4) is 0 Å². The predicted molar refractivity (Wildman–Crippen MR) is 112 cm³/mol. The molecule has 0 saturated heterocycles. The molecule has 1 rings (SSSR count). The zero-order valence-electron chi connectivity index (χ0n) is 15.4. The molecule has 0 spiro atoms. The highest BCUT2D eigenvalue weighted by atomic mass is 127. The van der Waals surface area contributed by atoms with E-state index in [1.54, 1.807) is 14.2 Å². The van der Waals surface area contributed by atoms with Crippen molar-refractivity contribution in [2.24, 2.45) is 4.99 Å². The third-order valence-electron chi connectivity index (χ3n) is 3.60. The van der Waals surface area contributed by atoms with Gasteiger partial charge in [0.1, 0.15) is 0 Å². The molecule has 24 heavy (non-hydrogen) atoms. The van der Waals surface area contributed by atoms with E-state index < -0.39 is 0 Å². The fourth-order valence-electron chi connectivity index (χ4n) is 2.29. The van der Waals surface area contributed by atoms with Crippen molar-refractivity contribution in [1.82, 2.24) is 10.6 Å². The third-order valence-corrected chi connectivity index (χ3v) is 3.60. The number of guanidine groups is 1. The van der Waals surface area contributed by atoms with E-state index in [1.165, 1.54) is 16.7 Å². The molecular weight excluding hydrogens is 417 g/mol. The van der Waals surface area contributed by atoms with Gasteiger partial charge in [-0.15, -0.1) is 24.0 Å². The summed E-state index contributed by atoms with van der Waals surface area (Å²) in [6.45, 7) is 8.03. The molecule has 0 amide bonds. The van der Waals surface area contributed by atoms with Gasteiger partial charge < -0.3 is 20.1 Å². The maximum Gasteiger partial charge on any atom is 0.190 e. The zero-order chi connectivity index (χ0) is 16.9. The quantitative estimate of drug-likeness (QED) is 0.250. The molecule has 0 radical (unpaired) electrons. The highest BCUT2D eigenvalue weighted by molar-refractivity contribution is 14.0. The Kier molecular flexibility index (Phi) is 14.0. The number of hydrogen-bond acceptors (Lipinski definition) is 3. The molecule has 138 valence electrons. The van der Waals surface area contributed by atoms with Crippen molar-refractivity contribution in [2.75, 3.05) is 47.1 Å². The second kappa shape index (κ2) is 14.5. The van der Waals surface area contributed by atoms with Crippen molar-refractivity contribution >= 4 is 29.9 Å². The number of methoxy groups -OCH3 is 1. The second-order valence-corrected chi connectivity index (χ2v) is 5.56. The summed E-state index contributed by atoms with van der Waals surface area (Å²) >= 11 is 0.